The molecule has 3 aromatic rings. The van der Waals surface area contributed by atoms with Gasteiger partial charge in [-0.15, -0.1) is 0 Å². The van der Waals surface area contributed by atoms with Crippen LogP contribution in [0.25, 0.3) is 17.2 Å². The Morgan fingerprint density at radius 1 is 0.949 bits per heavy atom. The molecule has 0 unspecified atom stereocenters. The van der Waals surface area contributed by atoms with Gasteiger partial charge in [-0.05, 0) is 95.3 Å². The lowest BCUT2D eigenvalue weighted by molar-refractivity contribution is -0.0581. The van der Waals surface area contributed by atoms with Gasteiger partial charge >= 0.3 is 0 Å². The van der Waals surface area contributed by atoms with Gasteiger partial charge in [0.25, 0.3) is 0 Å². The molecule has 3 aromatic heterocycles. The number of imidazole rings is 1. The van der Waals surface area contributed by atoms with E-state index in [-0.39, 0.29) is 11.4 Å². The SMILES string of the molecule is OC12CCC(Nc3nc(-c4cnc5ccc(F)cn45)nc(N4CCC(CN5CCCC5)CC4)c3F)(CC1)CC2. The van der Waals surface area contributed by atoms with E-state index in [1.807, 2.05) is 4.90 Å². The predicted octanol–water partition coefficient (Wildman–Crippen LogP) is 4.63. The Hall–Kier alpha value is -2.85. The smallest absolute Gasteiger partial charge is 0.207 e. The summed E-state index contributed by atoms with van der Waals surface area (Å²) in [5, 5.41) is 14.2. The Kier molecular flexibility index (Phi) is 6.23. The molecule has 2 N–H and O–H groups in total. The van der Waals surface area contributed by atoms with E-state index in [4.69, 9.17) is 4.98 Å². The van der Waals surface area contributed by atoms with Gasteiger partial charge in [0.2, 0.25) is 5.82 Å². The van der Waals surface area contributed by atoms with Crippen LogP contribution in [0.5, 0.6) is 0 Å². The number of aromatic nitrogens is 4. The summed E-state index contributed by atoms with van der Waals surface area (Å²) >= 11 is 0. The fraction of sp³-hybridized carbons (Fsp3) is 0.621. The van der Waals surface area contributed by atoms with Gasteiger partial charge in [-0.1, -0.05) is 0 Å². The Morgan fingerprint density at radius 3 is 2.38 bits per heavy atom. The summed E-state index contributed by atoms with van der Waals surface area (Å²) in [5.74, 6) is 0.604. The van der Waals surface area contributed by atoms with E-state index in [2.05, 4.69) is 20.2 Å². The van der Waals surface area contributed by atoms with E-state index in [9.17, 15) is 9.50 Å². The van der Waals surface area contributed by atoms with Gasteiger partial charge in [-0.2, -0.15) is 4.39 Å². The van der Waals surface area contributed by atoms with Crippen molar-refractivity contribution in [2.24, 2.45) is 5.92 Å². The number of hydrogen-bond donors (Lipinski definition) is 2. The van der Waals surface area contributed by atoms with Gasteiger partial charge < -0.3 is 20.2 Å². The van der Waals surface area contributed by atoms with Crippen LogP contribution in [0.15, 0.2) is 24.5 Å². The van der Waals surface area contributed by atoms with Gasteiger partial charge in [0, 0.05) is 31.4 Å². The first-order valence-electron chi connectivity index (χ1n) is 14.6. The second-order valence-electron chi connectivity index (χ2n) is 12.3. The van der Waals surface area contributed by atoms with Crippen molar-refractivity contribution in [2.45, 2.75) is 75.3 Å². The van der Waals surface area contributed by atoms with Crippen molar-refractivity contribution in [1.29, 1.82) is 0 Å². The minimum absolute atomic E-state index is 0.188. The zero-order valence-electron chi connectivity index (χ0n) is 22.4. The highest BCUT2D eigenvalue weighted by Crippen LogP contribution is 2.48. The Labute approximate surface area is 227 Å². The standard InChI is InChI=1S/C29H37F2N7O/c30-21-3-4-23-32-17-22(38(23)19-21)25-33-26(35-28-7-10-29(39,11-8-28)12-9-28)24(31)27(34-25)37-15-5-20(6-16-37)18-36-13-1-2-14-36/h3-4,17,19-20,39H,1-2,5-16,18H2,(H,33,34,35). The van der Waals surface area contributed by atoms with Crippen molar-refractivity contribution in [3.05, 3.63) is 36.2 Å². The van der Waals surface area contributed by atoms with Gasteiger partial charge in [0.05, 0.1) is 11.8 Å². The molecular formula is C29H37F2N7O. The predicted molar refractivity (Wildman–Crippen MR) is 146 cm³/mol. The van der Waals surface area contributed by atoms with Crippen LogP contribution < -0.4 is 10.2 Å². The first-order valence-corrected chi connectivity index (χ1v) is 14.6. The largest absolute Gasteiger partial charge is 0.390 e. The molecule has 2 aliphatic heterocycles. The van der Waals surface area contributed by atoms with Gasteiger partial charge in [0.15, 0.2) is 17.5 Å². The molecular weight excluding hydrogens is 500 g/mol. The molecule has 3 saturated carbocycles. The number of likely N-dealkylation sites (tertiary alicyclic amines) is 1. The first-order chi connectivity index (χ1) is 18.9. The highest BCUT2D eigenvalue weighted by molar-refractivity contribution is 5.63. The van der Waals surface area contributed by atoms with Gasteiger partial charge in [0.1, 0.15) is 17.2 Å². The Bertz CT molecular complexity index is 1340. The summed E-state index contributed by atoms with van der Waals surface area (Å²) in [6, 6.07) is 2.98. The van der Waals surface area contributed by atoms with E-state index in [1.165, 1.54) is 38.2 Å². The third kappa shape index (κ3) is 4.75. The van der Waals surface area contributed by atoms with E-state index in [0.29, 0.717) is 48.2 Å². The minimum Gasteiger partial charge on any atom is -0.390 e. The summed E-state index contributed by atoms with van der Waals surface area (Å²) in [4.78, 5) is 18.4. The van der Waals surface area contributed by atoms with Crippen LogP contribution >= 0.6 is 0 Å². The quantitative estimate of drug-likeness (QED) is 0.475. The van der Waals surface area contributed by atoms with Crippen molar-refractivity contribution in [3.63, 3.8) is 0 Å². The lowest BCUT2D eigenvalue weighted by atomic mass is 9.63. The maximum absolute atomic E-state index is 16.3. The van der Waals surface area contributed by atoms with Gasteiger partial charge in [-0.25, -0.2) is 19.3 Å². The monoisotopic (exact) mass is 537 g/mol. The molecule has 8 nitrogen and oxygen atoms in total. The maximum Gasteiger partial charge on any atom is 0.207 e. The average Bonchev–Trinajstić information content (AvgIpc) is 3.61. The maximum atomic E-state index is 16.3. The van der Waals surface area contributed by atoms with Crippen molar-refractivity contribution in [2.75, 3.05) is 42.9 Å². The van der Waals surface area contributed by atoms with Crippen LogP contribution in [0.4, 0.5) is 20.4 Å². The van der Waals surface area contributed by atoms with Crippen LogP contribution in [-0.2, 0) is 0 Å². The van der Waals surface area contributed by atoms with Crippen molar-refractivity contribution >= 4 is 17.3 Å². The average molecular weight is 538 g/mol. The molecule has 0 aromatic carbocycles. The van der Waals surface area contributed by atoms with E-state index >= 15 is 4.39 Å². The lowest BCUT2D eigenvalue weighted by Gasteiger charge is -2.51. The van der Waals surface area contributed by atoms with Gasteiger partial charge in [-0.3, -0.25) is 4.40 Å². The zero-order chi connectivity index (χ0) is 26.6. The third-order valence-corrected chi connectivity index (χ3v) is 9.75. The summed E-state index contributed by atoms with van der Waals surface area (Å²) in [6.07, 6.45) is 12.0. The molecule has 0 atom stereocenters. The number of fused-ring (bicyclic) bond motifs is 4. The number of nitrogens with zero attached hydrogens (tertiary/aromatic N) is 6. The molecule has 208 valence electrons. The molecule has 0 radical (unpaired) electrons. The molecule has 3 aliphatic carbocycles. The highest BCUT2D eigenvalue weighted by Gasteiger charge is 2.48. The number of rotatable bonds is 6. The summed E-state index contributed by atoms with van der Waals surface area (Å²) < 4.78 is 32.0. The number of hydrogen-bond acceptors (Lipinski definition) is 7. The third-order valence-electron chi connectivity index (χ3n) is 9.75. The molecule has 0 spiro atoms. The fourth-order valence-electron chi connectivity index (χ4n) is 7.22. The topological polar surface area (TPSA) is 81.8 Å². The zero-order valence-corrected chi connectivity index (χ0v) is 22.4. The molecule has 10 heteroatoms. The Morgan fingerprint density at radius 2 is 1.67 bits per heavy atom. The summed E-state index contributed by atoms with van der Waals surface area (Å²) in [6.45, 7) is 4.99. The molecule has 0 amide bonds. The van der Waals surface area contributed by atoms with E-state index < -0.39 is 17.2 Å². The highest BCUT2D eigenvalue weighted by atomic mass is 19.1. The second-order valence-corrected chi connectivity index (χ2v) is 12.3. The van der Waals surface area contributed by atoms with Crippen LogP contribution in [0, 0.1) is 17.6 Å². The second kappa shape index (κ2) is 9.66. The number of nitrogens with one attached hydrogen (secondary N) is 1. The molecule has 5 heterocycles. The number of piperidine rings is 1. The van der Waals surface area contributed by atoms with Crippen molar-refractivity contribution in [1.82, 2.24) is 24.3 Å². The molecule has 5 fully saturated rings. The number of aliphatic hydroxyl groups is 1. The summed E-state index contributed by atoms with van der Waals surface area (Å²) in [5.41, 5.74) is 0.236. The fourth-order valence-corrected chi connectivity index (χ4v) is 7.22. The molecule has 2 bridgehead atoms. The molecule has 39 heavy (non-hydrogen) atoms. The van der Waals surface area contributed by atoms with Crippen LogP contribution in [-0.4, -0.2) is 73.2 Å². The molecule has 8 rings (SSSR count). The van der Waals surface area contributed by atoms with E-state index in [1.54, 1.807) is 16.7 Å². The Balaban J connectivity index is 1.22. The van der Waals surface area contributed by atoms with E-state index in [0.717, 1.165) is 51.7 Å². The van der Waals surface area contributed by atoms with Crippen LogP contribution in [0.2, 0.25) is 0 Å². The van der Waals surface area contributed by atoms with Crippen LogP contribution in [0.1, 0.15) is 64.2 Å². The number of halogens is 2. The van der Waals surface area contributed by atoms with Crippen molar-refractivity contribution in [3.8, 4) is 11.5 Å². The van der Waals surface area contributed by atoms with Crippen LogP contribution in [0.3, 0.4) is 0 Å². The minimum atomic E-state index is -0.579. The lowest BCUT2D eigenvalue weighted by Crippen LogP contribution is -2.54. The summed E-state index contributed by atoms with van der Waals surface area (Å²) in [7, 11) is 0. The molecule has 5 aliphatic rings. The normalized spacial score (nSPS) is 28.0. The number of pyridine rings is 1. The molecule has 2 saturated heterocycles. The van der Waals surface area contributed by atoms with Crippen molar-refractivity contribution < 1.29 is 13.9 Å². The first kappa shape index (κ1) is 25.1. The number of anilines is 2.